The summed E-state index contributed by atoms with van der Waals surface area (Å²) in [7, 11) is 1.92. The van der Waals surface area contributed by atoms with Crippen LogP contribution < -0.4 is 19.9 Å². The predicted molar refractivity (Wildman–Crippen MR) is 123 cm³/mol. The SMILES string of the molecule is CCc1c(OCc2ccc(Oc3cncc(C(F)(F)F)c3)c(F)c2)cc2n(c1=O)CC(C)(C)N2C. The van der Waals surface area contributed by atoms with Crippen molar-refractivity contribution in [3.05, 3.63) is 75.6 Å². The Bertz CT molecular complexity index is 1320. The maximum absolute atomic E-state index is 14.6. The van der Waals surface area contributed by atoms with Gasteiger partial charge >= 0.3 is 6.18 Å². The van der Waals surface area contributed by atoms with Gasteiger partial charge in [-0.3, -0.25) is 14.3 Å². The molecule has 1 aliphatic heterocycles. The fourth-order valence-corrected chi connectivity index (χ4v) is 3.98. The van der Waals surface area contributed by atoms with Gasteiger partial charge in [-0.25, -0.2) is 4.39 Å². The molecule has 4 rings (SSSR count). The van der Waals surface area contributed by atoms with E-state index in [1.807, 2.05) is 38.8 Å². The maximum Gasteiger partial charge on any atom is 0.418 e. The molecule has 0 aliphatic carbocycles. The van der Waals surface area contributed by atoms with E-state index in [0.717, 1.165) is 18.1 Å². The molecule has 0 N–H and O–H groups in total. The topological polar surface area (TPSA) is 56.6 Å². The van der Waals surface area contributed by atoms with E-state index in [-0.39, 0.29) is 29.2 Å². The molecular weight excluding hydrogens is 466 g/mol. The Kier molecular flexibility index (Phi) is 6.25. The van der Waals surface area contributed by atoms with Gasteiger partial charge in [0.05, 0.1) is 29.4 Å². The highest BCUT2D eigenvalue weighted by Gasteiger charge is 2.35. The van der Waals surface area contributed by atoms with Crippen molar-refractivity contribution in [2.75, 3.05) is 11.9 Å². The second-order valence-electron chi connectivity index (χ2n) is 9.02. The predicted octanol–water partition coefficient (Wildman–Crippen LogP) is 5.56. The van der Waals surface area contributed by atoms with E-state index in [9.17, 15) is 22.4 Å². The summed E-state index contributed by atoms with van der Waals surface area (Å²) in [5, 5.41) is 0. The van der Waals surface area contributed by atoms with Gasteiger partial charge in [-0.15, -0.1) is 0 Å². The van der Waals surface area contributed by atoms with Gasteiger partial charge < -0.3 is 14.4 Å². The first-order valence-corrected chi connectivity index (χ1v) is 11.0. The molecule has 0 bridgehead atoms. The van der Waals surface area contributed by atoms with E-state index >= 15 is 0 Å². The monoisotopic (exact) mass is 491 g/mol. The van der Waals surface area contributed by atoms with Crippen LogP contribution in [0.15, 0.2) is 47.5 Å². The summed E-state index contributed by atoms with van der Waals surface area (Å²) in [5.74, 6) is -0.0691. The van der Waals surface area contributed by atoms with E-state index in [2.05, 4.69) is 4.98 Å². The Morgan fingerprint density at radius 1 is 1.11 bits per heavy atom. The summed E-state index contributed by atoms with van der Waals surface area (Å²) >= 11 is 0. The van der Waals surface area contributed by atoms with Gasteiger partial charge in [-0.1, -0.05) is 13.0 Å². The first-order chi connectivity index (χ1) is 16.4. The summed E-state index contributed by atoms with van der Waals surface area (Å²) in [5.41, 5.74) is -0.316. The third-order valence-corrected chi connectivity index (χ3v) is 6.15. The number of likely N-dealkylation sites (N-methyl/N-ethyl adjacent to an activating group) is 1. The highest BCUT2D eigenvalue weighted by Crippen LogP contribution is 2.35. The molecule has 186 valence electrons. The summed E-state index contributed by atoms with van der Waals surface area (Å²) < 4.78 is 66.2. The van der Waals surface area contributed by atoms with Crippen molar-refractivity contribution < 1.29 is 27.0 Å². The van der Waals surface area contributed by atoms with Crippen molar-refractivity contribution >= 4 is 5.82 Å². The number of pyridine rings is 2. The third-order valence-electron chi connectivity index (χ3n) is 6.15. The average Bonchev–Trinajstić information content (AvgIpc) is 3.03. The van der Waals surface area contributed by atoms with Crippen molar-refractivity contribution in [2.45, 2.75) is 52.1 Å². The lowest BCUT2D eigenvalue weighted by molar-refractivity contribution is -0.137. The molecule has 1 aliphatic rings. The lowest BCUT2D eigenvalue weighted by Gasteiger charge is -2.28. The van der Waals surface area contributed by atoms with Gasteiger partial charge in [0, 0.05) is 19.3 Å². The van der Waals surface area contributed by atoms with Gasteiger partial charge in [0.2, 0.25) is 0 Å². The second kappa shape index (κ2) is 8.90. The van der Waals surface area contributed by atoms with Crippen molar-refractivity contribution in [1.29, 1.82) is 0 Å². The molecule has 2 aromatic heterocycles. The minimum Gasteiger partial charge on any atom is -0.488 e. The highest BCUT2D eigenvalue weighted by molar-refractivity contribution is 5.53. The van der Waals surface area contributed by atoms with E-state index in [4.69, 9.17) is 9.47 Å². The van der Waals surface area contributed by atoms with Crippen molar-refractivity contribution in [3.8, 4) is 17.2 Å². The Morgan fingerprint density at radius 3 is 2.51 bits per heavy atom. The van der Waals surface area contributed by atoms with Crippen LogP contribution in [-0.2, 0) is 25.7 Å². The van der Waals surface area contributed by atoms with E-state index in [1.165, 1.54) is 12.1 Å². The van der Waals surface area contributed by atoms with Crippen LogP contribution in [0, 0.1) is 5.82 Å². The Labute approximate surface area is 199 Å². The number of nitrogens with zero attached hydrogens (tertiary/aromatic N) is 3. The molecule has 0 radical (unpaired) electrons. The average molecular weight is 491 g/mol. The number of benzene rings is 1. The van der Waals surface area contributed by atoms with Crippen molar-refractivity contribution in [1.82, 2.24) is 9.55 Å². The number of fused-ring (bicyclic) bond motifs is 1. The first-order valence-electron chi connectivity index (χ1n) is 11.0. The number of ether oxygens (including phenoxy) is 2. The molecule has 3 heterocycles. The molecule has 0 unspecified atom stereocenters. The minimum atomic E-state index is -4.59. The van der Waals surface area contributed by atoms with Crippen LogP contribution in [0.5, 0.6) is 17.2 Å². The van der Waals surface area contributed by atoms with Crippen LogP contribution in [-0.4, -0.2) is 22.1 Å². The number of hydrogen-bond acceptors (Lipinski definition) is 5. The normalized spacial score (nSPS) is 14.7. The molecule has 6 nitrogen and oxygen atoms in total. The quantitative estimate of drug-likeness (QED) is 0.423. The van der Waals surface area contributed by atoms with E-state index in [1.54, 1.807) is 10.6 Å². The molecule has 0 spiro atoms. The summed E-state index contributed by atoms with van der Waals surface area (Å²) in [6.07, 6.45) is -2.38. The minimum absolute atomic E-state index is 0.00862. The van der Waals surface area contributed by atoms with Gasteiger partial charge in [0.1, 0.15) is 23.9 Å². The molecule has 35 heavy (non-hydrogen) atoms. The molecule has 0 saturated carbocycles. The Balaban J connectivity index is 1.52. The Morgan fingerprint density at radius 2 is 1.86 bits per heavy atom. The fraction of sp³-hybridized carbons (Fsp3) is 0.360. The van der Waals surface area contributed by atoms with E-state index in [0.29, 0.717) is 36.0 Å². The van der Waals surface area contributed by atoms with Crippen LogP contribution in [0.3, 0.4) is 0 Å². The second-order valence-corrected chi connectivity index (χ2v) is 9.02. The molecule has 3 aromatic rings. The summed E-state index contributed by atoms with van der Waals surface area (Å²) in [4.78, 5) is 18.5. The fourth-order valence-electron chi connectivity index (χ4n) is 3.98. The van der Waals surface area contributed by atoms with Gasteiger partial charge in [-0.2, -0.15) is 13.2 Å². The number of hydrogen-bond donors (Lipinski definition) is 0. The van der Waals surface area contributed by atoms with Crippen LogP contribution >= 0.6 is 0 Å². The molecule has 1 aromatic carbocycles. The summed E-state index contributed by atoms with van der Waals surface area (Å²) in [6.45, 7) is 6.53. The zero-order valence-electron chi connectivity index (χ0n) is 19.7. The number of alkyl halides is 3. The molecular formula is C25H25F4N3O3. The molecule has 0 fully saturated rings. The Hall–Kier alpha value is -3.56. The van der Waals surface area contributed by atoms with Gasteiger partial charge in [0.15, 0.2) is 11.6 Å². The van der Waals surface area contributed by atoms with Crippen LogP contribution in [0.1, 0.15) is 37.5 Å². The molecule has 0 amide bonds. The smallest absolute Gasteiger partial charge is 0.418 e. The van der Waals surface area contributed by atoms with Gasteiger partial charge in [-0.05, 0) is 44.0 Å². The number of anilines is 1. The van der Waals surface area contributed by atoms with Crippen LogP contribution in [0.25, 0.3) is 0 Å². The lowest BCUT2D eigenvalue weighted by Crippen LogP contribution is -2.38. The molecule has 10 heteroatoms. The molecule has 0 atom stereocenters. The van der Waals surface area contributed by atoms with Crippen LogP contribution in [0.2, 0.25) is 0 Å². The van der Waals surface area contributed by atoms with Crippen molar-refractivity contribution in [2.24, 2.45) is 0 Å². The van der Waals surface area contributed by atoms with Crippen molar-refractivity contribution in [3.63, 3.8) is 0 Å². The highest BCUT2D eigenvalue weighted by atomic mass is 19.4. The largest absolute Gasteiger partial charge is 0.488 e. The maximum atomic E-state index is 14.6. The number of halogens is 4. The first kappa shape index (κ1) is 24.6. The summed E-state index contributed by atoms with van der Waals surface area (Å²) in [6, 6.07) is 6.60. The lowest BCUT2D eigenvalue weighted by atomic mass is 10.1. The zero-order valence-corrected chi connectivity index (χ0v) is 19.7. The molecule has 0 saturated heterocycles. The van der Waals surface area contributed by atoms with Gasteiger partial charge in [0.25, 0.3) is 5.56 Å². The number of aromatic nitrogens is 2. The van der Waals surface area contributed by atoms with Crippen LogP contribution in [0.4, 0.5) is 23.4 Å². The standard InChI is InChI=1S/C25H25F4N3O3/c1-5-18-21(10-22-31(4)24(2,3)14-32(22)23(18)33)34-13-15-6-7-20(19(26)8-15)35-17-9-16(11-30-12-17)25(27,28)29/h6-12H,5,13-14H2,1-4H3. The third kappa shape index (κ3) is 4.82. The zero-order chi connectivity index (χ0) is 25.5. The van der Waals surface area contributed by atoms with E-state index < -0.39 is 17.6 Å². The number of rotatable bonds is 6.